The van der Waals surface area contributed by atoms with Gasteiger partial charge in [-0.3, -0.25) is 0 Å². The Kier molecular flexibility index (Phi) is 11.4. The van der Waals surface area contributed by atoms with Gasteiger partial charge in [0.15, 0.2) is 17.3 Å². The molecule has 0 heterocycles. The average molecular weight is 367 g/mol. The first-order valence-corrected chi connectivity index (χ1v) is 10.4. The highest BCUT2D eigenvalue weighted by molar-refractivity contribution is 5.46. The second-order valence-electron chi connectivity index (χ2n) is 6.99. The topological polar surface area (TPSA) is 58.9 Å². The second kappa shape index (κ2) is 13.0. The Hall–Kier alpha value is -1.26. The maximum absolute atomic E-state index is 10.4. The van der Waals surface area contributed by atoms with Crippen LogP contribution in [0.2, 0.25) is 0 Å². The molecular formula is C22H38O4. The maximum atomic E-state index is 10.4. The molecule has 0 saturated carbocycles. The van der Waals surface area contributed by atoms with Crippen LogP contribution in [0.5, 0.6) is 11.5 Å². The third-order valence-electron chi connectivity index (χ3n) is 4.61. The molecular weight excluding hydrogens is 328 g/mol. The van der Waals surface area contributed by atoms with Crippen molar-refractivity contribution in [2.45, 2.75) is 90.8 Å². The van der Waals surface area contributed by atoms with Crippen molar-refractivity contribution in [3.8, 4) is 11.5 Å². The second-order valence-corrected chi connectivity index (χ2v) is 6.99. The molecule has 1 rings (SSSR count). The molecule has 1 aromatic rings. The molecule has 4 nitrogen and oxygen atoms in total. The number of phenols is 2. The Labute approximate surface area is 159 Å². The van der Waals surface area contributed by atoms with Crippen LogP contribution in [-0.2, 0) is 15.3 Å². The van der Waals surface area contributed by atoms with Gasteiger partial charge in [-0.25, -0.2) is 0 Å². The Morgan fingerprint density at radius 1 is 0.769 bits per heavy atom. The zero-order chi connectivity index (χ0) is 19.3. The maximum Gasteiger partial charge on any atom is 0.198 e. The molecule has 0 bridgehead atoms. The summed E-state index contributed by atoms with van der Waals surface area (Å²) in [5, 5.41) is 20.4. The molecule has 0 aliphatic carbocycles. The molecule has 0 spiro atoms. The fraction of sp³-hybridized carbons (Fsp3) is 0.727. The van der Waals surface area contributed by atoms with Gasteiger partial charge in [-0.15, -0.1) is 0 Å². The molecule has 0 fully saturated rings. The van der Waals surface area contributed by atoms with Gasteiger partial charge >= 0.3 is 0 Å². The van der Waals surface area contributed by atoms with E-state index in [2.05, 4.69) is 20.8 Å². The molecule has 0 amide bonds. The molecule has 0 saturated heterocycles. The number of para-hydroxylation sites is 1. The molecule has 150 valence electrons. The number of aromatic hydroxyl groups is 2. The highest BCUT2D eigenvalue weighted by Gasteiger charge is 2.37. The molecule has 0 aliphatic rings. The molecule has 2 N–H and O–H groups in total. The minimum absolute atomic E-state index is 0.133. The van der Waals surface area contributed by atoms with Gasteiger partial charge in [0.1, 0.15) is 0 Å². The minimum Gasteiger partial charge on any atom is -0.504 e. The molecule has 26 heavy (non-hydrogen) atoms. The quantitative estimate of drug-likeness (QED) is 0.219. The van der Waals surface area contributed by atoms with E-state index in [9.17, 15) is 10.2 Å². The van der Waals surface area contributed by atoms with Crippen LogP contribution in [0.15, 0.2) is 18.2 Å². The van der Waals surface area contributed by atoms with Crippen LogP contribution in [0.3, 0.4) is 0 Å². The molecule has 0 radical (unpaired) electrons. The first-order chi connectivity index (χ1) is 12.6. The zero-order valence-electron chi connectivity index (χ0n) is 16.9. The van der Waals surface area contributed by atoms with Gasteiger partial charge in [0.25, 0.3) is 0 Å². The number of rotatable bonds is 15. The summed E-state index contributed by atoms with van der Waals surface area (Å²) < 4.78 is 12.3. The third-order valence-corrected chi connectivity index (χ3v) is 4.61. The Morgan fingerprint density at radius 2 is 1.35 bits per heavy atom. The zero-order valence-corrected chi connectivity index (χ0v) is 16.9. The lowest BCUT2D eigenvalue weighted by atomic mass is 9.96. The van der Waals surface area contributed by atoms with Crippen LogP contribution in [-0.4, -0.2) is 23.4 Å². The normalized spacial score (nSPS) is 11.8. The van der Waals surface area contributed by atoms with Gasteiger partial charge in [-0.2, -0.15) is 0 Å². The van der Waals surface area contributed by atoms with Crippen molar-refractivity contribution in [1.82, 2.24) is 0 Å². The van der Waals surface area contributed by atoms with Crippen molar-refractivity contribution in [2.24, 2.45) is 0 Å². The van der Waals surface area contributed by atoms with Crippen molar-refractivity contribution in [2.75, 3.05) is 13.2 Å². The predicted molar refractivity (Wildman–Crippen MR) is 107 cm³/mol. The van der Waals surface area contributed by atoms with E-state index < -0.39 is 5.79 Å². The lowest BCUT2D eigenvalue weighted by Gasteiger charge is -2.35. The number of hydrogen-bond acceptors (Lipinski definition) is 4. The standard InChI is InChI=1S/C22H38O4/c1-4-7-8-9-10-11-12-16-22(25-17-5-2,26-18-6-3)19-14-13-15-20(23)21(19)24/h13-15,23-24H,4-12,16-18H2,1-3H3. The summed E-state index contributed by atoms with van der Waals surface area (Å²) in [6.45, 7) is 7.44. The lowest BCUT2D eigenvalue weighted by Crippen LogP contribution is -2.34. The third kappa shape index (κ3) is 7.16. The van der Waals surface area contributed by atoms with E-state index in [4.69, 9.17) is 9.47 Å². The van der Waals surface area contributed by atoms with Gasteiger partial charge in [-0.05, 0) is 31.4 Å². The fourth-order valence-corrected chi connectivity index (χ4v) is 3.16. The summed E-state index contributed by atoms with van der Waals surface area (Å²) in [5.41, 5.74) is 0.533. The van der Waals surface area contributed by atoms with Crippen LogP contribution in [0.1, 0.15) is 90.5 Å². The molecule has 0 unspecified atom stereocenters. The first-order valence-electron chi connectivity index (χ1n) is 10.4. The highest BCUT2D eigenvalue weighted by Crippen LogP contribution is 2.42. The van der Waals surface area contributed by atoms with E-state index in [0.29, 0.717) is 25.2 Å². The SMILES string of the molecule is CCCCCCCCCC(OCCC)(OCCC)c1cccc(O)c1O. The van der Waals surface area contributed by atoms with E-state index in [0.717, 1.165) is 25.7 Å². The number of phenolic OH excluding ortho intramolecular Hbond substituents is 2. The summed E-state index contributed by atoms with van der Waals surface area (Å²) in [6.07, 6.45) is 10.8. The summed E-state index contributed by atoms with van der Waals surface area (Å²) >= 11 is 0. The van der Waals surface area contributed by atoms with Gasteiger partial charge in [0.2, 0.25) is 0 Å². The summed E-state index contributed by atoms with van der Waals surface area (Å²) in [6, 6.07) is 5.01. The van der Waals surface area contributed by atoms with E-state index in [1.807, 2.05) is 0 Å². The summed E-state index contributed by atoms with van der Waals surface area (Å²) in [7, 11) is 0. The van der Waals surface area contributed by atoms with Crippen molar-refractivity contribution in [3.63, 3.8) is 0 Å². The smallest absolute Gasteiger partial charge is 0.198 e. The molecule has 1 aromatic carbocycles. The summed E-state index contributed by atoms with van der Waals surface area (Å²) in [5.74, 6) is -1.26. The average Bonchev–Trinajstić information content (AvgIpc) is 2.65. The van der Waals surface area contributed by atoms with Crippen molar-refractivity contribution < 1.29 is 19.7 Å². The lowest BCUT2D eigenvalue weighted by molar-refractivity contribution is -0.252. The Bertz CT molecular complexity index is 479. The van der Waals surface area contributed by atoms with E-state index >= 15 is 0 Å². The van der Waals surface area contributed by atoms with E-state index in [1.54, 1.807) is 12.1 Å². The number of hydrogen-bond donors (Lipinski definition) is 2. The molecule has 0 aliphatic heterocycles. The van der Waals surface area contributed by atoms with Crippen LogP contribution < -0.4 is 0 Å². The van der Waals surface area contributed by atoms with Crippen LogP contribution >= 0.6 is 0 Å². The van der Waals surface area contributed by atoms with Gasteiger partial charge < -0.3 is 19.7 Å². The number of unbranched alkanes of at least 4 members (excludes halogenated alkanes) is 6. The Balaban J connectivity index is 2.86. The molecule has 0 aromatic heterocycles. The van der Waals surface area contributed by atoms with Crippen molar-refractivity contribution in [1.29, 1.82) is 0 Å². The van der Waals surface area contributed by atoms with Crippen molar-refractivity contribution >= 4 is 0 Å². The summed E-state index contributed by atoms with van der Waals surface area (Å²) in [4.78, 5) is 0. The fourth-order valence-electron chi connectivity index (χ4n) is 3.16. The largest absolute Gasteiger partial charge is 0.504 e. The minimum atomic E-state index is -0.988. The first kappa shape index (κ1) is 22.8. The van der Waals surface area contributed by atoms with Crippen molar-refractivity contribution in [3.05, 3.63) is 23.8 Å². The monoisotopic (exact) mass is 366 g/mol. The van der Waals surface area contributed by atoms with Gasteiger partial charge in [0.05, 0.1) is 18.8 Å². The predicted octanol–water partition coefficient (Wildman–Crippen LogP) is 6.24. The van der Waals surface area contributed by atoms with E-state index in [1.165, 1.54) is 38.2 Å². The highest BCUT2D eigenvalue weighted by atomic mass is 16.7. The van der Waals surface area contributed by atoms with Gasteiger partial charge in [-0.1, -0.05) is 65.4 Å². The van der Waals surface area contributed by atoms with Gasteiger partial charge in [0, 0.05) is 6.42 Å². The number of ether oxygens (including phenoxy) is 2. The Morgan fingerprint density at radius 3 is 1.92 bits per heavy atom. The van der Waals surface area contributed by atoms with E-state index in [-0.39, 0.29) is 11.5 Å². The number of benzene rings is 1. The van der Waals surface area contributed by atoms with Crippen LogP contribution in [0, 0.1) is 0 Å². The molecule has 4 heteroatoms. The van der Waals surface area contributed by atoms with Crippen LogP contribution in [0.25, 0.3) is 0 Å². The molecule has 0 atom stereocenters. The van der Waals surface area contributed by atoms with Crippen LogP contribution in [0.4, 0.5) is 0 Å².